The van der Waals surface area contributed by atoms with Crippen molar-refractivity contribution in [3.63, 3.8) is 0 Å². The number of para-hydroxylation sites is 1. The normalized spacial score (nSPS) is 16.8. The monoisotopic (exact) mass is 378 g/mol. The maximum Gasteiger partial charge on any atom is 0.408 e. The van der Waals surface area contributed by atoms with E-state index in [1.165, 1.54) is 0 Å². The van der Waals surface area contributed by atoms with Crippen molar-refractivity contribution in [1.29, 1.82) is 0 Å². The van der Waals surface area contributed by atoms with Gasteiger partial charge in [0.05, 0.1) is 0 Å². The zero-order valence-corrected chi connectivity index (χ0v) is 16.5. The van der Waals surface area contributed by atoms with Gasteiger partial charge >= 0.3 is 6.09 Å². The number of carbonyl (C=O) groups excluding carboxylic acids is 2. The van der Waals surface area contributed by atoms with E-state index in [4.69, 9.17) is 4.74 Å². The molecule has 5 nitrogen and oxygen atoms in total. The van der Waals surface area contributed by atoms with Crippen molar-refractivity contribution in [2.24, 2.45) is 0 Å². The lowest BCUT2D eigenvalue weighted by Crippen LogP contribution is -2.53. The summed E-state index contributed by atoms with van der Waals surface area (Å²) in [5, 5.41) is 2.73. The Bertz CT molecular complexity index is 869. The van der Waals surface area contributed by atoms with Crippen LogP contribution in [0.25, 0.3) is 6.08 Å². The standard InChI is InChI=1S/C23H26N2O3/c1-23(2,3)28-22(27)24-19-16-18-13-7-8-14-20(18)25(21(19)26)15-9-12-17-10-5-4-6-11-17/h4-14,19H,15-16H2,1-3H3,(H,24,27)/t19-/m0/s1. The maximum atomic E-state index is 13.1. The van der Waals surface area contributed by atoms with Crippen molar-refractivity contribution >= 4 is 23.8 Å². The zero-order chi connectivity index (χ0) is 20.1. The summed E-state index contributed by atoms with van der Waals surface area (Å²) in [5.74, 6) is -0.137. The average Bonchev–Trinajstić information content (AvgIpc) is 2.64. The molecule has 0 fully saturated rings. The molecule has 1 aliphatic rings. The molecule has 28 heavy (non-hydrogen) atoms. The summed E-state index contributed by atoms with van der Waals surface area (Å²) in [6, 6.07) is 17.1. The Kier molecular flexibility index (Phi) is 5.83. The van der Waals surface area contributed by atoms with Crippen LogP contribution >= 0.6 is 0 Å². The molecule has 0 saturated heterocycles. The fourth-order valence-electron chi connectivity index (χ4n) is 3.17. The number of hydrogen-bond acceptors (Lipinski definition) is 3. The molecule has 0 bridgehead atoms. The number of fused-ring (bicyclic) bond motifs is 1. The van der Waals surface area contributed by atoms with Gasteiger partial charge in [0.2, 0.25) is 5.91 Å². The molecular weight excluding hydrogens is 352 g/mol. The summed E-state index contributed by atoms with van der Waals surface area (Å²) in [5.41, 5.74) is 2.37. The van der Waals surface area contributed by atoms with Gasteiger partial charge in [-0.15, -0.1) is 0 Å². The van der Waals surface area contributed by atoms with Gasteiger partial charge in [0, 0.05) is 18.7 Å². The first-order valence-corrected chi connectivity index (χ1v) is 9.44. The Labute approximate surface area is 166 Å². The quantitative estimate of drug-likeness (QED) is 0.868. The topological polar surface area (TPSA) is 58.6 Å². The molecule has 5 heteroatoms. The molecule has 0 aliphatic carbocycles. The van der Waals surface area contributed by atoms with Gasteiger partial charge in [0.1, 0.15) is 11.6 Å². The molecule has 0 aromatic heterocycles. The first-order valence-electron chi connectivity index (χ1n) is 9.44. The van der Waals surface area contributed by atoms with Gasteiger partial charge in [-0.25, -0.2) is 4.79 Å². The van der Waals surface area contributed by atoms with Crippen molar-refractivity contribution in [2.45, 2.75) is 38.8 Å². The van der Waals surface area contributed by atoms with Crippen LogP contribution in [0.4, 0.5) is 10.5 Å². The second-order valence-corrected chi connectivity index (χ2v) is 7.79. The summed E-state index contributed by atoms with van der Waals surface area (Å²) in [6.45, 7) is 5.82. The predicted molar refractivity (Wildman–Crippen MR) is 111 cm³/mol. The van der Waals surface area contributed by atoms with Crippen LogP contribution in [-0.4, -0.2) is 30.2 Å². The highest BCUT2D eigenvalue weighted by molar-refractivity contribution is 6.01. The summed E-state index contributed by atoms with van der Waals surface area (Å²) >= 11 is 0. The van der Waals surface area contributed by atoms with E-state index in [1.807, 2.05) is 66.7 Å². The van der Waals surface area contributed by atoms with E-state index in [-0.39, 0.29) is 5.91 Å². The van der Waals surface area contributed by atoms with Crippen LogP contribution in [0.15, 0.2) is 60.7 Å². The number of nitrogens with one attached hydrogen (secondary N) is 1. The molecule has 1 heterocycles. The lowest BCUT2D eigenvalue weighted by Gasteiger charge is -2.34. The van der Waals surface area contributed by atoms with Gasteiger partial charge in [0.15, 0.2) is 0 Å². The fourth-order valence-corrected chi connectivity index (χ4v) is 3.17. The number of rotatable bonds is 4. The molecule has 2 aromatic carbocycles. The second-order valence-electron chi connectivity index (χ2n) is 7.79. The SMILES string of the molecule is CC(C)(C)OC(=O)N[C@H]1Cc2ccccc2N(CC=Cc2ccccc2)C1=O. The van der Waals surface area contributed by atoms with E-state index in [2.05, 4.69) is 5.32 Å². The van der Waals surface area contributed by atoms with Crippen LogP contribution in [0.1, 0.15) is 31.9 Å². The van der Waals surface area contributed by atoms with Crippen molar-refractivity contribution in [2.75, 3.05) is 11.4 Å². The van der Waals surface area contributed by atoms with Crippen molar-refractivity contribution in [1.82, 2.24) is 5.32 Å². The molecule has 0 spiro atoms. The van der Waals surface area contributed by atoms with Crippen LogP contribution < -0.4 is 10.2 Å². The molecule has 3 rings (SSSR count). The highest BCUT2D eigenvalue weighted by Crippen LogP contribution is 2.28. The molecule has 0 radical (unpaired) electrons. The Balaban J connectivity index is 1.77. The molecule has 2 aromatic rings. The summed E-state index contributed by atoms with van der Waals surface area (Å²) < 4.78 is 5.32. The minimum Gasteiger partial charge on any atom is -0.444 e. The molecule has 1 aliphatic heterocycles. The molecule has 0 saturated carbocycles. The van der Waals surface area contributed by atoms with Crippen molar-refractivity contribution in [3.05, 3.63) is 71.8 Å². The smallest absolute Gasteiger partial charge is 0.408 e. The predicted octanol–water partition coefficient (Wildman–Crippen LogP) is 4.18. The van der Waals surface area contributed by atoms with Gasteiger partial charge in [-0.1, -0.05) is 60.7 Å². The Morgan fingerprint density at radius 3 is 2.54 bits per heavy atom. The van der Waals surface area contributed by atoms with Crippen LogP contribution in [0, 0.1) is 0 Å². The van der Waals surface area contributed by atoms with E-state index < -0.39 is 17.7 Å². The highest BCUT2D eigenvalue weighted by atomic mass is 16.6. The lowest BCUT2D eigenvalue weighted by molar-refractivity contribution is -0.120. The number of nitrogens with zero attached hydrogens (tertiary/aromatic N) is 1. The third-order valence-electron chi connectivity index (χ3n) is 4.36. The minimum atomic E-state index is -0.644. The van der Waals surface area contributed by atoms with E-state index in [9.17, 15) is 9.59 Å². The van der Waals surface area contributed by atoms with E-state index in [1.54, 1.807) is 25.7 Å². The molecule has 146 valence electrons. The van der Waals surface area contributed by atoms with Gasteiger partial charge < -0.3 is 15.0 Å². The number of amides is 2. The average molecular weight is 378 g/mol. The number of ether oxygens (including phenoxy) is 1. The lowest BCUT2D eigenvalue weighted by atomic mass is 9.97. The minimum absolute atomic E-state index is 0.137. The van der Waals surface area contributed by atoms with Crippen LogP contribution in [0.2, 0.25) is 0 Å². The highest BCUT2D eigenvalue weighted by Gasteiger charge is 2.34. The Morgan fingerprint density at radius 1 is 1.14 bits per heavy atom. The molecule has 1 atom stereocenters. The third kappa shape index (κ3) is 5.00. The largest absolute Gasteiger partial charge is 0.444 e. The van der Waals surface area contributed by atoms with E-state index in [0.29, 0.717) is 13.0 Å². The van der Waals surface area contributed by atoms with Gasteiger partial charge in [-0.05, 0) is 38.0 Å². The number of carbonyl (C=O) groups is 2. The first-order chi connectivity index (χ1) is 13.3. The molecular formula is C23H26N2O3. The van der Waals surface area contributed by atoms with Crippen molar-refractivity contribution < 1.29 is 14.3 Å². The van der Waals surface area contributed by atoms with Crippen LogP contribution in [0.5, 0.6) is 0 Å². The first kappa shape index (κ1) is 19.7. The third-order valence-corrected chi connectivity index (χ3v) is 4.36. The van der Waals surface area contributed by atoms with E-state index in [0.717, 1.165) is 16.8 Å². The molecule has 2 amide bonds. The Morgan fingerprint density at radius 2 is 1.82 bits per heavy atom. The van der Waals surface area contributed by atoms with Gasteiger partial charge in [0.25, 0.3) is 0 Å². The molecule has 0 unspecified atom stereocenters. The van der Waals surface area contributed by atoms with Crippen molar-refractivity contribution in [3.8, 4) is 0 Å². The summed E-state index contributed by atoms with van der Waals surface area (Å²) in [7, 11) is 0. The zero-order valence-electron chi connectivity index (χ0n) is 16.5. The fraction of sp³-hybridized carbons (Fsp3) is 0.304. The molecule has 1 N–H and O–H groups in total. The number of hydrogen-bond donors (Lipinski definition) is 1. The van der Waals surface area contributed by atoms with Crippen LogP contribution in [-0.2, 0) is 16.0 Å². The summed E-state index contributed by atoms with van der Waals surface area (Å²) in [6.07, 6.45) is 3.82. The number of benzene rings is 2. The Hall–Kier alpha value is -3.08. The van der Waals surface area contributed by atoms with E-state index >= 15 is 0 Å². The number of anilines is 1. The number of alkyl carbamates (subject to hydrolysis) is 1. The van der Waals surface area contributed by atoms with Crippen LogP contribution in [0.3, 0.4) is 0 Å². The maximum absolute atomic E-state index is 13.1. The second kappa shape index (κ2) is 8.30. The summed E-state index contributed by atoms with van der Waals surface area (Å²) in [4.78, 5) is 26.9. The van der Waals surface area contributed by atoms with Gasteiger partial charge in [-0.3, -0.25) is 4.79 Å². The van der Waals surface area contributed by atoms with Gasteiger partial charge in [-0.2, -0.15) is 0 Å².